The number of primary amides is 1. The fourth-order valence-electron chi connectivity index (χ4n) is 2.65. The van der Waals surface area contributed by atoms with Crippen LogP contribution in [0.3, 0.4) is 0 Å². The van der Waals surface area contributed by atoms with Gasteiger partial charge < -0.3 is 16.4 Å². The Kier molecular flexibility index (Phi) is 5.26. The third-order valence-corrected chi connectivity index (χ3v) is 3.97. The van der Waals surface area contributed by atoms with Gasteiger partial charge in [-0.15, -0.1) is 0 Å². The number of aryl methyl sites for hydroxylation is 1. The summed E-state index contributed by atoms with van der Waals surface area (Å²) in [5, 5.41) is 8.49. The van der Waals surface area contributed by atoms with E-state index in [9.17, 15) is 22.8 Å². The summed E-state index contributed by atoms with van der Waals surface area (Å²) in [6.45, 7) is 1.81. The van der Waals surface area contributed by atoms with E-state index in [-0.39, 0.29) is 11.4 Å². The minimum atomic E-state index is -4.80. The average Bonchev–Trinajstić information content (AvgIpc) is 3.09. The molecule has 0 fully saturated rings. The van der Waals surface area contributed by atoms with Gasteiger partial charge in [0.25, 0.3) is 5.91 Å². The Morgan fingerprint density at radius 2 is 1.52 bits per heavy atom. The van der Waals surface area contributed by atoms with Gasteiger partial charge in [0.2, 0.25) is 0 Å². The summed E-state index contributed by atoms with van der Waals surface area (Å²) in [5.41, 5.74) is 4.88. The fourth-order valence-corrected chi connectivity index (χ4v) is 2.65. The largest absolute Gasteiger partial charge is 0.434 e. The molecule has 3 rings (SSSR count). The van der Waals surface area contributed by atoms with Crippen LogP contribution in [0.5, 0.6) is 0 Å². The van der Waals surface area contributed by atoms with Crippen LogP contribution in [0.15, 0.2) is 54.7 Å². The Bertz CT molecular complexity index is 1040. The Morgan fingerprint density at radius 3 is 2.03 bits per heavy atom. The first-order valence-electron chi connectivity index (χ1n) is 8.35. The molecule has 4 N–H and O–H groups in total. The second-order valence-corrected chi connectivity index (χ2v) is 6.17. The summed E-state index contributed by atoms with van der Waals surface area (Å²) >= 11 is 0. The Labute approximate surface area is 163 Å². The first kappa shape index (κ1) is 19.9. The third-order valence-electron chi connectivity index (χ3n) is 3.97. The predicted molar refractivity (Wildman–Crippen MR) is 101 cm³/mol. The maximum Gasteiger partial charge on any atom is 0.434 e. The maximum absolute atomic E-state index is 13.7. The number of hydrogen-bond acceptors (Lipinski definition) is 3. The highest BCUT2D eigenvalue weighted by Gasteiger charge is 2.40. The summed E-state index contributed by atoms with van der Waals surface area (Å²) < 4.78 is 41.8. The summed E-state index contributed by atoms with van der Waals surface area (Å²) in [4.78, 5) is 23.3. The van der Waals surface area contributed by atoms with E-state index in [4.69, 9.17) is 5.73 Å². The van der Waals surface area contributed by atoms with Gasteiger partial charge in [-0.2, -0.15) is 18.3 Å². The van der Waals surface area contributed by atoms with Crippen molar-refractivity contribution in [1.82, 2.24) is 9.78 Å². The number of urea groups is 1. The third kappa shape index (κ3) is 4.54. The Morgan fingerprint density at radius 1 is 0.966 bits per heavy atom. The summed E-state index contributed by atoms with van der Waals surface area (Å²) in [7, 11) is 0. The highest BCUT2D eigenvalue weighted by atomic mass is 19.4. The summed E-state index contributed by atoms with van der Waals surface area (Å²) in [6, 6.07) is 11.2. The average molecular weight is 403 g/mol. The monoisotopic (exact) mass is 403 g/mol. The molecule has 0 aliphatic rings. The van der Waals surface area contributed by atoms with E-state index in [2.05, 4.69) is 15.7 Å². The van der Waals surface area contributed by atoms with Gasteiger partial charge in [0.15, 0.2) is 5.69 Å². The molecule has 1 heterocycles. The van der Waals surface area contributed by atoms with Crippen LogP contribution in [0.4, 0.5) is 29.3 Å². The van der Waals surface area contributed by atoms with Crippen LogP contribution < -0.4 is 16.4 Å². The van der Waals surface area contributed by atoms with E-state index in [1.165, 1.54) is 36.4 Å². The topological polar surface area (TPSA) is 102 Å². The van der Waals surface area contributed by atoms with E-state index < -0.39 is 29.4 Å². The second-order valence-electron chi connectivity index (χ2n) is 6.17. The number of alkyl halides is 3. The molecule has 3 aromatic rings. The molecule has 0 saturated carbocycles. The molecule has 2 aromatic carbocycles. The number of anilines is 2. The van der Waals surface area contributed by atoms with Gasteiger partial charge in [0.05, 0.1) is 17.4 Å². The van der Waals surface area contributed by atoms with Crippen molar-refractivity contribution in [2.24, 2.45) is 5.73 Å². The summed E-state index contributed by atoms with van der Waals surface area (Å²) in [5.74, 6) is -0.966. The van der Waals surface area contributed by atoms with E-state index in [0.717, 1.165) is 11.8 Å². The van der Waals surface area contributed by atoms with E-state index in [1.54, 1.807) is 19.1 Å². The van der Waals surface area contributed by atoms with Crippen LogP contribution in [0.25, 0.3) is 5.69 Å². The molecule has 0 atom stereocenters. The number of hydrogen-bond donors (Lipinski definition) is 3. The molecular formula is C19H16F3N5O2. The minimum absolute atomic E-state index is 0.184. The highest BCUT2D eigenvalue weighted by molar-refractivity contribution is 6.05. The molecule has 10 heteroatoms. The number of amides is 3. The lowest BCUT2D eigenvalue weighted by Gasteiger charge is -2.13. The van der Waals surface area contributed by atoms with E-state index in [1.807, 2.05) is 0 Å². The zero-order valence-corrected chi connectivity index (χ0v) is 15.1. The van der Waals surface area contributed by atoms with Gasteiger partial charge in [-0.25, -0.2) is 9.48 Å². The Hall–Kier alpha value is -3.82. The first-order valence-corrected chi connectivity index (χ1v) is 8.35. The van der Waals surface area contributed by atoms with Crippen LogP contribution in [0.1, 0.15) is 21.6 Å². The number of nitrogens with two attached hydrogens (primary N) is 1. The molecule has 0 bridgehead atoms. The van der Waals surface area contributed by atoms with Crippen LogP contribution in [0, 0.1) is 6.92 Å². The number of benzene rings is 2. The number of nitrogens with zero attached hydrogens (tertiary/aromatic N) is 2. The zero-order chi connectivity index (χ0) is 21.2. The fraction of sp³-hybridized carbons (Fsp3) is 0.105. The van der Waals surface area contributed by atoms with Gasteiger partial charge in [0.1, 0.15) is 0 Å². The predicted octanol–water partition coefficient (Wildman–Crippen LogP) is 3.94. The molecule has 0 unspecified atom stereocenters. The van der Waals surface area contributed by atoms with Crippen molar-refractivity contribution in [3.05, 3.63) is 71.5 Å². The summed E-state index contributed by atoms with van der Waals surface area (Å²) in [6.07, 6.45) is -3.93. The maximum atomic E-state index is 13.7. The molecular weight excluding hydrogens is 387 g/mol. The van der Waals surface area contributed by atoms with Crippen molar-refractivity contribution in [1.29, 1.82) is 0 Å². The molecule has 1 aromatic heterocycles. The number of rotatable bonds is 4. The highest BCUT2D eigenvalue weighted by Crippen LogP contribution is 2.34. The van der Waals surface area contributed by atoms with Crippen molar-refractivity contribution in [3.63, 3.8) is 0 Å². The molecule has 0 aliphatic heterocycles. The number of nitrogens with one attached hydrogen (secondary N) is 2. The van der Waals surface area contributed by atoms with Crippen LogP contribution in [-0.4, -0.2) is 21.7 Å². The van der Waals surface area contributed by atoms with Crippen molar-refractivity contribution in [2.75, 3.05) is 10.6 Å². The van der Waals surface area contributed by atoms with E-state index >= 15 is 0 Å². The minimum Gasteiger partial charge on any atom is -0.351 e. The van der Waals surface area contributed by atoms with Gasteiger partial charge >= 0.3 is 12.2 Å². The van der Waals surface area contributed by atoms with Gasteiger partial charge in [-0.1, -0.05) is 17.7 Å². The van der Waals surface area contributed by atoms with Crippen LogP contribution in [-0.2, 0) is 6.18 Å². The lowest BCUT2D eigenvalue weighted by molar-refractivity contribution is -0.143. The molecule has 0 spiro atoms. The smallest absolute Gasteiger partial charge is 0.351 e. The second kappa shape index (κ2) is 7.66. The molecule has 0 saturated heterocycles. The number of carbonyl (C=O) groups excluding carboxylic acids is 2. The normalized spacial score (nSPS) is 11.2. The van der Waals surface area contributed by atoms with Crippen molar-refractivity contribution < 1.29 is 22.8 Å². The molecule has 29 heavy (non-hydrogen) atoms. The van der Waals surface area contributed by atoms with Crippen LogP contribution >= 0.6 is 0 Å². The number of carbonyl (C=O) groups is 2. The number of halogens is 3. The van der Waals surface area contributed by atoms with E-state index in [0.29, 0.717) is 10.4 Å². The molecule has 7 nitrogen and oxygen atoms in total. The lowest BCUT2D eigenvalue weighted by Crippen LogP contribution is -2.21. The van der Waals surface area contributed by atoms with Gasteiger partial charge in [-0.3, -0.25) is 4.79 Å². The standard InChI is InChI=1S/C19H16F3N5O2/c1-11-2-8-14(9-3-11)27-16(19(20,21)22)15(10-24-27)17(28)25-12-4-6-13(7-5-12)26-18(23)29/h2-10H,1H3,(H,25,28)(H3,23,26,29). The number of aromatic nitrogens is 2. The lowest BCUT2D eigenvalue weighted by atomic mass is 10.2. The SMILES string of the molecule is Cc1ccc(-n2ncc(C(=O)Nc3ccc(NC(N)=O)cc3)c2C(F)(F)F)cc1. The molecule has 0 aliphatic carbocycles. The van der Waals surface area contributed by atoms with Crippen molar-refractivity contribution >= 4 is 23.3 Å². The Balaban J connectivity index is 1.90. The first-order chi connectivity index (χ1) is 13.6. The van der Waals surface area contributed by atoms with Crippen LogP contribution in [0.2, 0.25) is 0 Å². The molecule has 150 valence electrons. The van der Waals surface area contributed by atoms with Gasteiger partial charge in [-0.05, 0) is 43.3 Å². The zero-order valence-electron chi connectivity index (χ0n) is 15.1. The quantitative estimate of drug-likeness (QED) is 0.615. The van der Waals surface area contributed by atoms with Gasteiger partial charge in [0, 0.05) is 11.4 Å². The van der Waals surface area contributed by atoms with Crippen molar-refractivity contribution in [3.8, 4) is 5.69 Å². The molecule has 0 radical (unpaired) electrons. The molecule has 3 amide bonds. The van der Waals surface area contributed by atoms with Crippen molar-refractivity contribution in [2.45, 2.75) is 13.1 Å².